The summed E-state index contributed by atoms with van der Waals surface area (Å²) in [6.45, 7) is 1.97. The number of sulfonamides is 1. The number of carbonyl (C=O) groups excluding carboxylic acids is 1. The van der Waals surface area contributed by atoms with Crippen molar-refractivity contribution in [3.8, 4) is 0 Å². The molecule has 1 amide bonds. The van der Waals surface area contributed by atoms with Gasteiger partial charge in [-0.05, 0) is 43.0 Å². The summed E-state index contributed by atoms with van der Waals surface area (Å²) >= 11 is 1.65. The number of thioether (sulfide) groups is 1. The van der Waals surface area contributed by atoms with E-state index in [-0.39, 0.29) is 10.8 Å². The lowest BCUT2D eigenvalue weighted by Gasteiger charge is -2.22. The molecule has 0 aliphatic heterocycles. The van der Waals surface area contributed by atoms with Gasteiger partial charge in [0.25, 0.3) is 0 Å². The van der Waals surface area contributed by atoms with Crippen LogP contribution in [0.25, 0.3) is 0 Å². The van der Waals surface area contributed by atoms with Gasteiger partial charge in [-0.1, -0.05) is 30.3 Å². The fraction of sp³-hybridized carbons (Fsp3) is 0.278. The van der Waals surface area contributed by atoms with E-state index >= 15 is 0 Å². The van der Waals surface area contributed by atoms with E-state index in [1.165, 1.54) is 17.0 Å². The van der Waals surface area contributed by atoms with Crippen molar-refractivity contribution in [3.05, 3.63) is 60.2 Å². The van der Waals surface area contributed by atoms with Gasteiger partial charge in [-0.3, -0.25) is 4.79 Å². The molecule has 0 saturated carbocycles. The van der Waals surface area contributed by atoms with E-state index in [1.807, 2.05) is 30.5 Å². The molecular weight excluding hydrogens is 356 g/mol. The first-order valence-electron chi connectivity index (χ1n) is 7.79. The summed E-state index contributed by atoms with van der Waals surface area (Å²) in [7, 11) is -2.06. The molecule has 1 atom stereocenters. The minimum absolute atomic E-state index is 0.143. The molecule has 7 heteroatoms. The predicted molar refractivity (Wildman–Crippen MR) is 101 cm³/mol. The standard InChI is InChI=1S/C18H22N2O3S2/c1-14(19-25(22,23)17-7-5-4-6-8-17)18(21)20(2)13-15-9-11-16(24-3)12-10-15/h4-12,14,19H,13H2,1-3H3. The average Bonchev–Trinajstić information content (AvgIpc) is 2.62. The SMILES string of the molecule is CSc1ccc(CN(C)C(=O)C(C)NS(=O)(=O)c2ccccc2)cc1. The van der Waals surface area contributed by atoms with Crippen LogP contribution in [-0.2, 0) is 21.4 Å². The smallest absolute Gasteiger partial charge is 0.241 e. The highest BCUT2D eigenvalue weighted by Crippen LogP contribution is 2.16. The molecule has 2 aromatic carbocycles. The molecule has 0 saturated heterocycles. The summed E-state index contributed by atoms with van der Waals surface area (Å²) in [5.74, 6) is -0.284. The van der Waals surface area contributed by atoms with Crippen LogP contribution < -0.4 is 4.72 Å². The van der Waals surface area contributed by atoms with Crippen LogP contribution in [0.2, 0.25) is 0 Å². The van der Waals surface area contributed by atoms with Crippen LogP contribution in [0, 0.1) is 0 Å². The Kier molecular flexibility index (Phi) is 6.64. The van der Waals surface area contributed by atoms with Crippen molar-refractivity contribution in [1.82, 2.24) is 9.62 Å². The quantitative estimate of drug-likeness (QED) is 0.753. The van der Waals surface area contributed by atoms with Crippen LogP contribution in [0.1, 0.15) is 12.5 Å². The summed E-state index contributed by atoms with van der Waals surface area (Å²) < 4.78 is 27.1. The Bertz CT molecular complexity index is 806. The van der Waals surface area contributed by atoms with Crippen molar-refractivity contribution >= 4 is 27.7 Å². The molecule has 134 valence electrons. The van der Waals surface area contributed by atoms with Gasteiger partial charge in [0.1, 0.15) is 0 Å². The van der Waals surface area contributed by atoms with Crippen molar-refractivity contribution in [1.29, 1.82) is 0 Å². The van der Waals surface area contributed by atoms with Crippen LogP contribution in [0.5, 0.6) is 0 Å². The van der Waals surface area contributed by atoms with Crippen LogP contribution in [0.15, 0.2) is 64.4 Å². The topological polar surface area (TPSA) is 66.5 Å². The third kappa shape index (κ3) is 5.32. The second-order valence-electron chi connectivity index (χ2n) is 5.70. The number of carbonyl (C=O) groups is 1. The number of amides is 1. The highest BCUT2D eigenvalue weighted by Gasteiger charge is 2.24. The molecule has 0 aliphatic rings. The Hall–Kier alpha value is -1.83. The zero-order valence-electron chi connectivity index (χ0n) is 14.5. The first kappa shape index (κ1) is 19.5. The third-order valence-electron chi connectivity index (χ3n) is 3.71. The van der Waals surface area contributed by atoms with Gasteiger partial charge in [0.15, 0.2) is 0 Å². The molecule has 0 bridgehead atoms. The fourth-order valence-electron chi connectivity index (χ4n) is 2.36. The number of nitrogens with one attached hydrogen (secondary N) is 1. The first-order chi connectivity index (χ1) is 11.8. The van der Waals surface area contributed by atoms with Gasteiger partial charge in [-0.25, -0.2) is 8.42 Å². The average molecular weight is 379 g/mol. The van der Waals surface area contributed by atoms with E-state index in [0.717, 1.165) is 10.5 Å². The van der Waals surface area contributed by atoms with Crippen LogP contribution in [-0.4, -0.2) is 38.6 Å². The molecule has 0 radical (unpaired) electrons. The normalized spacial score (nSPS) is 12.6. The van der Waals surface area contributed by atoms with Gasteiger partial charge in [-0.15, -0.1) is 11.8 Å². The van der Waals surface area contributed by atoms with Crippen LogP contribution in [0.3, 0.4) is 0 Å². The molecule has 25 heavy (non-hydrogen) atoms. The maximum absolute atomic E-state index is 12.5. The lowest BCUT2D eigenvalue weighted by atomic mass is 10.2. The monoisotopic (exact) mass is 378 g/mol. The molecule has 2 aromatic rings. The fourth-order valence-corrected chi connectivity index (χ4v) is 3.99. The molecule has 1 unspecified atom stereocenters. The largest absolute Gasteiger partial charge is 0.340 e. The van der Waals surface area contributed by atoms with Gasteiger partial charge in [-0.2, -0.15) is 4.72 Å². The second kappa shape index (κ2) is 8.51. The molecule has 0 fully saturated rings. The lowest BCUT2D eigenvalue weighted by molar-refractivity contribution is -0.131. The van der Waals surface area contributed by atoms with E-state index < -0.39 is 16.1 Å². The Morgan fingerprint density at radius 3 is 2.28 bits per heavy atom. The first-order valence-corrected chi connectivity index (χ1v) is 10.5. The number of hydrogen-bond donors (Lipinski definition) is 1. The lowest BCUT2D eigenvalue weighted by Crippen LogP contribution is -2.45. The van der Waals surface area contributed by atoms with Gasteiger partial charge in [0.2, 0.25) is 15.9 Å². The van der Waals surface area contributed by atoms with Gasteiger partial charge in [0.05, 0.1) is 10.9 Å². The molecule has 0 spiro atoms. The number of benzene rings is 2. The minimum atomic E-state index is -3.72. The number of likely N-dealkylation sites (N-methyl/N-ethyl adjacent to an activating group) is 1. The number of hydrogen-bond acceptors (Lipinski definition) is 4. The van der Waals surface area contributed by atoms with E-state index in [2.05, 4.69) is 4.72 Å². The molecule has 0 aromatic heterocycles. The van der Waals surface area contributed by atoms with E-state index in [1.54, 1.807) is 43.9 Å². The molecule has 1 N–H and O–H groups in total. The van der Waals surface area contributed by atoms with Gasteiger partial charge < -0.3 is 4.90 Å². The summed E-state index contributed by atoms with van der Waals surface area (Å²) in [5.41, 5.74) is 0.992. The number of rotatable bonds is 7. The van der Waals surface area contributed by atoms with Gasteiger partial charge in [0, 0.05) is 18.5 Å². The zero-order valence-corrected chi connectivity index (χ0v) is 16.1. The highest BCUT2D eigenvalue weighted by atomic mass is 32.2. The number of nitrogens with zero attached hydrogens (tertiary/aromatic N) is 1. The summed E-state index contributed by atoms with van der Waals surface area (Å²) in [5, 5.41) is 0. The molecule has 0 aliphatic carbocycles. The second-order valence-corrected chi connectivity index (χ2v) is 8.29. The molecule has 5 nitrogen and oxygen atoms in total. The molecule has 2 rings (SSSR count). The van der Waals surface area contributed by atoms with Crippen molar-refractivity contribution in [3.63, 3.8) is 0 Å². The summed E-state index contributed by atoms with van der Waals surface area (Å²) in [6, 6.07) is 15.1. The Morgan fingerprint density at radius 1 is 1.12 bits per heavy atom. The maximum atomic E-state index is 12.5. The van der Waals surface area contributed by atoms with Crippen LogP contribution in [0.4, 0.5) is 0 Å². The third-order valence-corrected chi connectivity index (χ3v) is 6.01. The maximum Gasteiger partial charge on any atom is 0.241 e. The van der Waals surface area contributed by atoms with Crippen molar-refractivity contribution < 1.29 is 13.2 Å². The Morgan fingerprint density at radius 2 is 1.72 bits per heavy atom. The molecule has 0 heterocycles. The predicted octanol–water partition coefficient (Wildman–Crippen LogP) is 2.73. The van der Waals surface area contributed by atoms with E-state index in [9.17, 15) is 13.2 Å². The zero-order chi connectivity index (χ0) is 18.4. The molecular formula is C18H22N2O3S2. The van der Waals surface area contributed by atoms with Crippen molar-refractivity contribution in [2.75, 3.05) is 13.3 Å². The highest BCUT2D eigenvalue weighted by molar-refractivity contribution is 7.98. The van der Waals surface area contributed by atoms with Crippen molar-refractivity contribution in [2.24, 2.45) is 0 Å². The van der Waals surface area contributed by atoms with Crippen molar-refractivity contribution in [2.45, 2.75) is 29.3 Å². The summed E-state index contributed by atoms with van der Waals surface area (Å²) in [4.78, 5) is 15.3. The van der Waals surface area contributed by atoms with E-state index in [0.29, 0.717) is 6.54 Å². The minimum Gasteiger partial charge on any atom is -0.340 e. The summed E-state index contributed by atoms with van der Waals surface area (Å²) in [6.07, 6.45) is 2.01. The Labute approximate surface area is 153 Å². The Balaban J connectivity index is 2.00. The van der Waals surface area contributed by atoms with Gasteiger partial charge >= 0.3 is 0 Å². The van der Waals surface area contributed by atoms with Crippen LogP contribution >= 0.6 is 11.8 Å². The van der Waals surface area contributed by atoms with E-state index in [4.69, 9.17) is 0 Å².